The summed E-state index contributed by atoms with van der Waals surface area (Å²) in [5.74, 6) is -1.22. The first-order chi connectivity index (χ1) is 10.4. The van der Waals surface area contributed by atoms with Crippen LogP contribution in [0.25, 0.3) is 0 Å². The summed E-state index contributed by atoms with van der Waals surface area (Å²) >= 11 is 0. The number of methoxy groups -OCH3 is 1. The van der Waals surface area contributed by atoms with E-state index >= 15 is 0 Å². The molecule has 1 aromatic rings. The number of hydrogen-bond acceptors (Lipinski definition) is 6. The highest BCUT2D eigenvalue weighted by atomic mass is 16.6. The number of likely N-dealkylation sites (tertiary alicyclic amines) is 1. The maximum atomic E-state index is 11.9. The number of carbonyl (C=O) groups is 3. The molecule has 1 fully saturated rings. The molecule has 0 unspecified atom stereocenters. The topological polar surface area (TPSA) is 119 Å². The van der Waals surface area contributed by atoms with Crippen LogP contribution in [0.4, 0.5) is 11.4 Å². The van der Waals surface area contributed by atoms with Gasteiger partial charge in [-0.25, -0.2) is 0 Å². The second-order valence-electron chi connectivity index (χ2n) is 4.56. The van der Waals surface area contributed by atoms with Crippen molar-refractivity contribution in [1.29, 1.82) is 0 Å². The first-order valence-electron chi connectivity index (χ1n) is 6.38. The third-order valence-corrected chi connectivity index (χ3v) is 3.12. The highest BCUT2D eigenvalue weighted by Crippen LogP contribution is 2.28. The molecule has 9 heteroatoms. The standard InChI is InChI=1S/C13H13N3O6/c1-22-10-3-2-8(16(20)21)6-9(10)14-11(17)7-15-12(18)4-5-13(15)19/h2-3,6H,4-5,7H2,1H3,(H,14,17). The van der Waals surface area contributed by atoms with Crippen molar-refractivity contribution >= 4 is 29.1 Å². The molecule has 2 rings (SSSR count). The van der Waals surface area contributed by atoms with Crippen LogP contribution in [0.15, 0.2) is 18.2 Å². The number of non-ortho nitro benzene ring substituents is 1. The fourth-order valence-electron chi connectivity index (χ4n) is 2.04. The number of benzene rings is 1. The number of nitro benzene ring substituents is 1. The molecule has 0 radical (unpaired) electrons. The Morgan fingerprint density at radius 3 is 2.55 bits per heavy atom. The minimum Gasteiger partial charge on any atom is -0.495 e. The Morgan fingerprint density at radius 1 is 1.36 bits per heavy atom. The Kier molecular flexibility index (Phi) is 4.35. The number of hydrogen-bond donors (Lipinski definition) is 1. The quantitative estimate of drug-likeness (QED) is 0.485. The Balaban J connectivity index is 2.13. The minimum atomic E-state index is -0.637. The summed E-state index contributed by atoms with van der Waals surface area (Å²) in [4.78, 5) is 45.8. The predicted octanol–water partition coefficient (Wildman–Crippen LogP) is 0.691. The van der Waals surface area contributed by atoms with Crippen molar-refractivity contribution in [3.63, 3.8) is 0 Å². The van der Waals surface area contributed by atoms with Gasteiger partial charge in [0.15, 0.2) is 0 Å². The summed E-state index contributed by atoms with van der Waals surface area (Å²) in [6.07, 6.45) is 0.179. The van der Waals surface area contributed by atoms with Gasteiger partial charge in [-0.15, -0.1) is 0 Å². The smallest absolute Gasteiger partial charge is 0.271 e. The normalized spacial score (nSPS) is 14.1. The highest BCUT2D eigenvalue weighted by molar-refractivity contribution is 6.06. The molecular weight excluding hydrogens is 294 g/mol. The molecular formula is C13H13N3O6. The molecule has 0 bridgehead atoms. The lowest BCUT2D eigenvalue weighted by Gasteiger charge is -2.14. The lowest BCUT2D eigenvalue weighted by molar-refractivity contribution is -0.384. The summed E-state index contributed by atoms with van der Waals surface area (Å²) in [6.45, 7) is -0.427. The van der Waals surface area contributed by atoms with Crippen LogP contribution >= 0.6 is 0 Å². The molecule has 22 heavy (non-hydrogen) atoms. The third kappa shape index (κ3) is 3.19. The molecule has 0 aromatic heterocycles. The molecule has 1 heterocycles. The highest BCUT2D eigenvalue weighted by Gasteiger charge is 2.30. The zero-order valence-corrected chi connectivity index (χ0v) is 11.7. The molecule has 9 nitrogen and oxygen atoms in total. The van der Waals surface area contributed by atoms with E-state index in [1.807, 2.05) is 0 Å². The monoisotopic (exact) mass is 307 g/mol. The fourth-order valence-corrected chi connectivity index (χ4v) is 2.04. The molecule has 0 spiro atoms. The van der Waals surface area contributed by atoms with Gasteiger partial charge in [0, 0.05) is 25.0 Å². The van der Waals surface area contributed by atoms with Crippen LogP contribution in [0.2, 0.25) is 0 Å². The van der Waals surface area contributed by atoms with Gasteiger partial charge in [0.1, 0.15) is 12.3 Å². The van der Waals surface area contributed by atoms with Crippen molar-refractivity contribution in [2.45, 2.75) is 12.8 Å². The van der Waals surface area contributed by atoms with E-state index in [1.54, 1.807) is 0 Å². The van der Waals surface area contributed by atoms with E-state index in [0.29, 0.717) is 0 Å². The summed E-state index contributed by atoms with van der Waals surface area (Å²) < 4.78 is 5.01. The number of imide groups is 1. The van der Waals surface area contributed by atoms with Crippen molar-refractivity contribution in [1.82, 2.24) is 4.90 Å². The second-order valence-corrected chi connectivity index (χ2v) is 4.56. The first kappa shape index (κ1) is 15.4. The van der Waals surface area contributed by atoms with Gasteiger partial charge >= 0.3 is 0 Å². The fraction of sp³-hybridized carbons (Fsp3) is 0.308. The van der Waals surface area contributed by atoms with Crippen LogP contribution in [0, 0.1) is 10.1 Å². The summed E-state index contributed by atoms with van der Waals surface area (Å²) in [6, 6.07) is 3.73. The zero-order chi connectivity index (χ0) is 16.3. The summed E-state index contributed by atoms with van der Waals surface area (Å²) in [5.41, 5.74) is -0.120. The molecule has 1 aliphatic rings. The number of rotatable bonds is 5. The summed E-state index contributed by atoms with van der Waals surface area (Å²) in [5, 5.41) is 13.2. The van der Waals surface area contributed by atoms with Crippen LogP contribution in [0.3, 0.4) is 0 Å². The largest absolute Gasteiger partial charge is 0.495 e. The van der Waals surface area contributed by atoms with Gasteiger partial charge in [-0.3, -0.25) is 29.4 Å². The van der Waals surface area contributed by atoms with Gasteiger partial charge in [0.05, 0.1) is 17.7 Å². The van der Waals surface area contributed by atoms with Crippen LogP contribution in [0.5, 0.6) is 5.75 Å². The molecule has 1 saturated heterocycles. The third-order valence-electron chi connectivity index (χ3n) is 3.12. The van der Waals surface area contributed by atoms with Crippen molar-refractivity contribution < 1.29 is 24.0 Å². The van der Waals surface area contributed by atoms with E-state index in [1.165, 1.54) is 19.2 Å². The Hall–Kier alpha value is -2.97. The number of nitrogens with one attached hydrogen (secondary N) is 1. The zero-order valence-electron chi connectivity index (χ0n) is 11.7. The van der Waals surface area contributed by atoms with E-state index in [-0.39, 0.29) is 30.0 Å². The average Bonchev–Trinajstić information content (AvgIpc) is 2.79. The van der Waals surface area contributed by atoms with E-state index in [9.17, 15) is 24.5 Å². The number of nitrogens with zero attached hydrogens (tertiary/aromatic N) is 2. The van der Waals surface area contributed by atoms with Crippen molar-refractivity contribution in [2.24, 2.45) is 0 Å². The van der Waals surface area contributed by atoms with Crippen molar-refractivity contribution in [3.8, 4) is 5.75 Å². The number of nitro groups is 1. The van der Waals surface area contributed by atoms with Gasteiger partial charge in [0.25, 0.3) is 5.69 Å². The van der Waals surface area contributed by atoms with E-state index in [2.05, 4.69) is 5.32 Å². The van der Waals surface area contributed by atoms with Gasteiger partial charge in [-0.05, 0) is 6.07 Å². The number of amides is 3. The molecule has 0 aliphatic carbocycles. The first-order valence-corrected chi connectivity index (χ1v) is 6.38. The van der Waals surface area contributed by atoms with E-state index < -0.39 is 29.2 Å². The van der Waals surface area contributed by atoms with Crippen molar-refractivity contribution in [2.75, 3.05) is 19.0 Å². The van der Waals surface area contributed by atoms with Crippen molar-refractivity contribution in [3.05, 3.63) is 28.3 Å². The Bertz CT molecular complexity index is 641. The molecule has 0 saturated carbocycles. The summed E-state index contributed by atoms with van der Waals surface area (Å²) in [7, 11) is 1.35. The average molecular weight is 307 g/mol. The molecule has 3 amide bonds. The van der Waals surface area contributed by atoms with Crippen LogP contribution in [0.1, 0.15) is 12.8 Å². The van der Waals surface area contributed by atoms with Gasteiger partial charge < -0.3 is 10.1 Å². The minimum absolute atomic E-state index is 0.0895. The maximum absolute atomic E-state index is 11.9. The molecule has 116 valence electrons. The predicted molar refractivity (Wildman–Crippen MR) is 74.2 cm³/mol. The second kappa shape index (κ2) is 6.20. The van der Waals surface area contributed by atoms with E-state index in [4.69, 9.17) is 4.74 Å². The lowest BCUT2D eigenvalue weighted by Crippen LogP contribution is -2.36. The number of carbonyl (C=O) groups excluding carboxylic acids is 3. The van der Waals surface area contributed by atoms with Gasteiger partial charge in [-0.2, -0.15) is 0 Å². The Morgan fingerprint density at radius 2 is 2.00 bits per heavy atom. The number of anilines is 1. The SMILES string of the molecule is COc1ccc([N+](=O)[O-])cc1NC(=O)CN1C(=O)CCC1=O. The number of ether oxygens (including phenoxy) is 1. The maximum Gasteiger partial charge on any atom is 0.271 e. The molecule has 1 N–H and O–H groups in total. The van der Waals surface area contributed by atoms with E-state index in [0.717, 1.165) is 11.0 Å². The van der Waals surface area contributed by atoms with Gasteiger partial charge in [0.2, 0.25) is 17.7 Å². The van der Waals surface area contributed by atoms with Crippen LogP contribution in [-0.4, -0.2) is 41.2 Å². The Labute approximate surface area is 125 Å². The lowest BCUT2D eigenvalue weighted by atomic mass is 10.2. The molecule has 1 aromatic carbocycles. The molecule has 1 aliphatic heterocycles. The van der Waals surface area contributed by atoms with Gasteiger partial charge in [-0.1, -0.05) is 0 Å². The van der Waals surface area contributed by atoms with Crippen LogP contribution < -0.4 is 10.1 Å². The van der Waals surface area contributed by atoms with Crippen LogP contribution in [-0.2, 0) is 14.4 Å². The molecule has 0 atom stereocenters.